The van der Waals surface area contributed by atoms with Gasteiger partial charge in [0.15, 0.2) is 0 Å². The van der Waals surface area contributed by atoms with E-state index in [1.165, 1.54) is 60.5 Å². The molecule has 0 heterocycles. The highest BCUT2D eigenvalue weighted by molar-refractivity contribution is 7.92. The Morgan fingerprint density at radius 3 is 2.02 bits per heavy atom. The van der Waals surface area contributed by atoms with E-state index in [9.17, 15) is 18.0 Å². The van der Waals surface area contributed by atoms with Crippen molar-refractivity contribution < 1.29 is 22.7 Å². The van der Waals surface area contributed by atoms with Crippen LogP contribution in [0.1, 0.15) is 39.2 Å². The molecular formula is C30H34Cl3N3O5S. The fraction of sp³-hybridized carbons (Fsp3) is 0.333. The van der Waals surface area contributed by atoms with Gasteiger partial charge >= 0.3 is 0 Å². The Hall–Kier alpha value is -2.98. The maximum absolute atomic E-state index is 14.2. The molecule has 3 rings (SSSR count). The highest BCUT2D eigenvalue weighted by atomic mass is 35.5. The first kappa shape index (κ1) is 33.5. The van der Waals surface area contributed by atoms with E-state index >= 15 is 0 Å². The van der Waals surface area contributed by atoms with Crippen LogP contribution in [-0.4, -0.2) is 50.9 Å². The van der Waals surface area contributed by atoms with Gasteiger partial charge in [0, 0.05) is 33.2 Å². The summed E-state index contributed by atoms with van der Waals surface area (Å²) in [5.74, 6) is -0.507. The fourth-order valence-electron chi connectivity index (χ4n) is 4.23. The molecule has 3 aromatic rings. The number of hydrogen-bond acceptors (Lipinski definition) is 5. The maximum Gasteiger partial charge on any atom is 0.264 e. The average Bonchev–Trinajstić information content (AvgIpc) is 2.97. The molecule has 12 heteroatoms. The average molecular weight is 655 g/mol. The van der Waals surface area contributed by atoms with Gasteiger partial charge < -0.3 is 15.0 Å². The standard InChI is InChI=1S/C30H34Cl3N3O5S/c1-5-20(3)34-30(38)28(6-2)35(18-25-26(32)8-7-9-27(25)33)29(37)19-36(22-12-10-21(31)11-13-22)42(39,40)24-16-14-23(41-4)15-17-24/h7-17,20,28H,5-6,18-19H2,1-4H3,(H,34,38)/t20-,28-/m1/s1. The van der Waals surface area contributed by atoms with Crippen LogP contribution in [0.3, 0.4) is 0 Å². The minimum atomic E-state index is -4.25. The lowest BCUT2D eigenvalue weighted by Gasteiger charge is -2.34. The summed E-state index contributed by atoms with van der Waals surface area (Å²) < 4.78 is 34.1. The van der Waals surface area contributed by atoms with E-state index in [0.717, 1.165) is 4.31 Å². The third-order valence-corrected chi connectivity index (χ3v) is 9.57. The van der Waals surface area contributed by atoms with Crippen LogP contribution >= 0.6 is 34.8 Å². The predicted molar refractivity (Wildman–Crippen MR) is 168 cm³/mol. The number of ether oxygens (including phenoxy) is 1. The minimum absolute atomic E-state index is 0.0479. The van der Waals surface area contributed by atoms with E-state index in [-0.39, 0.29) is 35.5 Å². The Bertz CT molecular complexity index is 1460. The molecule has 0 aliphatic carbocycles. The summed E-state index contributed by atoms with van der Waals surface area (Å²) in [5, 5.41) is 3.96. The van der Waals surface area contributed by atoms with Gasteiger partial charge in [-0.05, 0) is 80.4 Å². The lowest BCUT2D eigenvalue weighted by Crippen LogP contribution is -2.53. The van der Waals surface area contributed by atoms with Gasteiger partial charge in [0.2, 0.25) is 11.8 Å². The number of nitrogens with zero attached hydrogens (tertiary/aromatic N) is 2. The van der Waals surface area contributed by atoms with E-state index in [0.29, 0.717) is 32.8 Å². The first-order chi connectivity index (χ1) is 19.9. The zero-order valence-corrected chi connectivity index (χ0v) is 26.9. The van der Waals surface area contributed by atoms with Crippen LogP contribution in [0.15, 0.2) is 71.6 Å². The van der Waals surface area contributed by atoms with Crippen molar-refractivity contribution in [2.45, 2.75) is 57.1 Å². The van der Waals surface area contributed by atoms with Crippen molar-refractivity contribution in [3.05, 3.63) is 87.4 Å². The van der Waals surface area contributed by atoms with Gasteiger partial charge in [-0.3, -0.25) is 13.9 Å². The summed E-state index contributed by atoms with van der Waals surface area (Å²) in [6, 6.07) is 15.8. The Labute approximate surface area is 262 Å². The molecule has 0 aliphatic heterocycles. The molecule has 0 radical (unpaired) electrons. The van der Waals surface area contributed by atoms with E-state index in [2.05, 4.69) is 5.32 Å². The van der Waals surface area contributed by atoms with Gasteiger partial charge in [0.1, 0.15) is 18.3 Å². The van der Waals surface area contributed by atoms with Gasteiger partial charge in [0.05, 0.1) is 17.7 Å². The largest absolute Gasteiger partial charge is 0.497 e. The first-order valence-electron chi connectivity index (χ1n) is 13.4. The third kappa shape index (κ3) is 8.10. The summed E-state index contributed by atoms with van der Waals surface area (Å²) in [7, 11) is -2.78. The molecule has 0 saturated heterocycles. The Morgan fingerprint density at radius 1 is 0.905 bits per heavy atom. The van der Waals surface area contributed by atoms with E-state index in [4.69, 9.17) is 39.5 Å². The molecule has 2 amide bonds. The number of carbonyl (C=O) groups is 2. The van der Waals surface area contributed by atoms with Gasteiger partial charge in [-0.25, -0.2) is 8.42 Å². The van der Waals surface area contributed by atoms with Crippen molar-refractivity contribution in [1.82, 2.24) is 10.2 Å². The highest BCUT2D eigenvalue weighted by Gasteiger charge is 2.34. The van der Waals surface area contributed by atoms with Crippen molar-refractivity contribution in [3.63, 3.8) is 0 Å². The molecule has 0 spiro atoms. The van der Waals surface area contributed by atoms with Crippen LogP contribution in [0, 0.1) is 0 Å². The van der Waals surface area contributed by atoms with Gasteiger partial charge in [-0.1, -0.05) is 54.7 Å². The molecule has 0 aromatic heterocycles. The van der Waals surface area contributed by atoms with Crippen LogP contribution in [0.4, 0.5) is 5.69 Å². The van der Waals surface area contributed by atoms with Crippen LogP contribution in [0.2, 0.25) is 15.1 Å². The Morgan fingerprint density at radius 2 is 1.50 bits per heavy atom. The highest BCUT2D eigenvalue weighted by Crippen LogP contribution is 2.29. The molecule has 0 bridgehead atoms. The normalized spacial score (nSPS) is 12.7. The van der Waals surface area contributed by atoms with Crippen LogP contribution in [0.5, 0.6) is 5.75 Å². The second-order valence-corrected chi connectivity index (χ2v) is 12.7. The summed E-state index contributed by atoms with van der Waals surface area (Å²) in [6.45, 7) is 4.87. The lowest BCUT2D eigenvalue weighted by molar-refractivity contribution is -0.140. The number of carbonyl (C=O) groups excluding carboxylic acids is 2. The summed E-state index contributed by atoms with van der Waals surface area (Å²) >= 11 is 19.0. The summed E-state index contributed by atoms with van der Waals surface area (Å²) in [6.07, 6.45) is 0.958. The zero-order valence-electron chi connectivity index (χ0n) is 23.8. The molecule has 1 N–H and O–H groups in total. The molecule has 42 heavy (non-hydrogen) atoms. The Kier molecular flexibility index (Phi) is 11.9. The second kappa shape index (κ2) is 15.0. The summed E-state index contributed by atoms with van der Waals surface area (Å²) in [5.41, 5.74) is 0.663. The molecule has 226 valence electrons. The second-order valence-electron chi connectivity index (χ2n) is 9.63. The number of anilines is 1. The molecule has 0 aliphatic rings. The van der Waals surface area contributed by atoms with Gasteiger partial charge in [0.25, 0.3) is 10.0 Å². The number of hydrogen-bond donors (Lipinski definition) is 1. The predicted octanol–water partition coefficient (Wildman–Crippen LogP) is 6.57. The van der Waals surface area contributed by atoms with Crippen molar-refractivity contribution in [3.8, 4) is 5.75 Å². The number of methoxy groups -OCH3 is 1. The number of halogens is 3. The smallest absolute Gasteiger partial charge is 0.264 e. The molecule has 0 fully saturated rings. The van der Waals surface area contributed by atoms with Crippen molar-refractivity contribution in [2.24, 2.45) is 0 Å². The molecule has 0 unspecified atom stereocenters. The molecule has 3 aromatic carbocycles. The van der Waals surface area contributed by atoms with E-state index < -0.39 is 28.5 Å². The zero-order chi connectivity index (χ0) is 31.0. The van der Waals surface area contributed by atoms with Crippen LogP contribution in [0.25, 0.3) is 0 Å². The number of amides is 2. The van der Waals surface area contributed by atoms with E-state index in [1.54, 1.807) is 25.1 Å². The molecule has 0 saturated carbocycles. The quantitative estimate of drug-likeness (QED) is 0.225. The molecular weight excluding hydrogens is 621 g/mol. The minimum Gasteiger partial charge on any atom is -0.497 e. The first-order valence-corrected chi connectivity index (χ1v) is 15.9. The maximum atomic E-state index is 14.2. The van der Waals surface area contributed by atoms with Gasteiger partial charge in [-0.15, -0.1) is 0 Å². The van der Waals surface area contributed by atoms with Crippen molar-refractivity contribution in [1.29, 1.82) is 0 Å². The molecule has 2 atom stereocenters. The number of nitrogens with one attached hydrogen (secondary N) is 1. The van der Waals surface area contributed by atoms with Gasteiger partial charge in [-0.2, -0.15) is 0 Å². The van der Waals surface area contributed by atoms with Crippen molar-refractivity contribution in [2.75, 3.05) is 18.0 Å². The number of benzene rings is 3. The van der Waals surface area contributed by atoms with Crippen LogP contribution < -0.4 is 14.4 Å². The number of sulfonamides is 1. The molecule has 8 nitrogen and oxygen atoms in total. The SMILES string of the molecule is CC[C@@H](C)NC(=O)[C@@H](CC)N(Cc1c(Cl)cccc1Cl)C(=O)CN(c1ccc(Cl)cc1)S(=O)(=O)c1ccc(OC)cc1. The third-order valence-electron chi connectivity index (χ3n) is 6.82. The summed E-state index contributed by atoms with van der Waals surface area (Å²) in [4.78, 5) is 28.8. The topological polar surface area (TPSA) is 96.0 Å². The fourth-order valence-corrected chi connectivity index (χ4v) is 6.28. The number of rotatable bonds is 13. The van der Waals surface area contributed by atoms with Crippen LogP contribution in [-0.2, 0) is 26.2 Å². The Balaban J connectivity index is 2.09. The monoisotopic (exact) mass is 653 g/mol. The lowest BCUT2D eigenvalue weighted by atomic mass is 10.1. The van der Waals surface area contributed by atoms with E-state index in [1.807, 2.05) is 13.8 Å². The van der Waals surface area contributed by atoms with Crippen molar-refractivity contribution >= 4 is 62.3 Å².